The van der Waals surface area contributed by atoms with Crippen LogP contribution in [0.3, 0.4) is 0 Å². The largest absolute Gasteiger partial charge is 0.481 e. The molecule has 0 amide bonds. The fraction of sp³-hybridized carbons (Fsp3) is 0.700. The molecule has 0 spiro atoms. The number of phosphoric ester groups is 1. The molecule has 170 valence electrons. The quantitative estimate of drug-likeness (QED) is 0.194. The van der Waals surface area contributed by atoms with Gasteiger partial charge in [0.1, 0.15) is 0 Å². The van der Waals surface area contributed by atoms with Gasteiger partial charge in [-0.05, 0) is 72.1 Å². The molecule has 0 saturated heterocycles. The van der Waals surface area contributed by atoms with E-state index >= 15 is 0 Å². The van der Waals surface area contributed by atoms with E-state index in [9.17, 15) is 14.0 Å². The van der Waals surface area contributed by atoms with Gasteiger partial charge >= 0.3 is 15.6 Å². The molecule has 29 heavy (non-hydrogen) atoms. The third-order valence-corrected chi connectivity index (χ3v) is 6.54. The molecule has 0 heterocycles. The molecule has 7 nitrogen and oxygen atoms in total. The summed E-state index contributed by atoms with van der Waals surface area (Å²) in [5, 5.41) is 0. The molecule has 0 aliphatic heterocycles. The molecular formula is C20H38O7P2. The Bertz CT molecular complexity index is 658. The zero-order valence-corrected chi connectivity index (χ0v) is 20.1. The summed E-state index contributed by atoms with van der Waals surface area (Å²) in [6, 6.07) is 0. The fourth-order valence-electron chi connectivity index (χ4n) is 2.71. The second-order valence-corrected chi connectivity index (χ2v) is 10.7. The maximum absolute atomic E-state index is 11.3. The van der Waals surface area contributed by atoms with Gasteiger partial charge in [-0.3, -0.25) is 4.52 Å². The van der Waals surface area contributed by atoms with Crippen molar-refractivity contribution in [2.24, 2.45) is 5.92 Å². The Balaban J connectivity index is 4.04. The molecule has 0 aromatic heterocycles. The van der Waals surface area contributed by atoms with Crippen molar-refractivity contribution in [3.63, 3.8) is 0 Å². The van der Waals surface area contributed by atoms with Gasteiger partial charge in [0.25, 0.3) is 0 Å². The Morgan fingerprint density at radius 1 is 0.897 bits per heavy atom. The summed E-state index contributed by atoms with van der Waals surface area (Å²) in [7, 11) is -9.83. The van der Waals surface area contributed by atoms with Gasteiger partial charge in [0.15, 0.2) is 0 Å². The Kier molecular flexibility index (Phi) is 14.2. The number of hydrogen-bond acceptors (Lipinski definition) is 4. The minimum atomic E-state index is -5.07. The van der Waals surface area contributed by atoms with Crippen LogP contribution in [0, 0.1) is 5.92 Å². The second-order valence-electron chi connectivity index (χ2n) is 7.83. The van der Waals surface area contributed by atoms with Crippen LogP contribution in [-0.4, -0.2) is 21.3 Å². The normalized spacial score (nSPS) is 16.4. The Labute approximate surface area is 175 Å². The summed E-state index contributed by atoms with van der Waals surface area (Å²) in [4.78, 5) is 26.3. The first kappa shape index (κ1) is 28.5. The predicted octanol–water partition coefficient (Wildman–Crippen LogP) is 6.44. The summed E-state index contributed by atoms with van der Waals surface area (Å²) >= 11 is 0. The smallest absolute Gasteiger partial charge is 0.302 e. The van der Waals surface area contributed by atoms with Gasteiger partial charge in [-0.25, -0.2) is 9.13 Å². The first-order chi connectivity index (χ1) is 13.3. The minimum Gasteiger partial charge on any atom is -0.302 e. The molecule has 0 aromatic rings. The molecular weight excluding hydrogens is 414 g/mol. The Morgan fingerprint density at radius 3 is 2.10 bits per heavy atom. The Hall–Kier alpha value is -0.520. The van der Waals surface area contributed by atoms with E-state index in [0.29, 0.717) is 5.92 Å². The van der Waals surface area contributed by atoms with Crippen molar-refractivity contribution in [3.05, 3.63) is 34.9 Å². The van der Waals surface area contributed by atoms with Crippen molar-refractivity contribution in [2.75, 3.05) is 6.61 Å². The van der Waals surface area contributed by atoms with E-state index in [1.165, 1.54) is 11.1 Å². The van der Waals surface area contributed by atoms with Crippen LogP contribution < -0.4 is 0 Å². The van der Waals surface area contributed by atoms with Crippen molar-refractivity contribution in [1.82, 2.24) is 0 Å². The average molecular weight is 452 g/mol. The maximum atomic E-state index is 11.3. The monoisotopic (exact) mass is 452 g/mol. The lowest BCUT2D eigenvalue weighted by Gasteiger charge is -2.12. The van der Waals surface area contributed by atoms with Crippen LogP contribution in [0.2, 0.25) is 0 Å². The van der Waals surface area contributed by atoms with Gasteiger partial charge < -0.3 is 14.7 Å². The highest BCUT2D eigenvalue weighted by Crippen LogP contribution is 2.57. The summed E-state index contributed by atoms with van der Waals surface area (Å²) in [5.74, 6) is 0.621. The van der Waals surface area contributed by atoms with Crippen LogP contribution in [0.1, 0.15) is 79.6 Å². The highest BCUT2D eigenvalue weighted by Gasteiger charge is 2.31. The van der Waals surface area contributed by atoms with Crippen LogP contribution >= 0.6 is 15.6 Å². The number of rotatable bonds is 15. The number of allylic oxidation sites excluding steroid dienone is 5. The molecule has 0 aliphatic carbocycles. The van der Waals surface area contributed by atoms with Crippen LogP contribution in [-0.2, 0) is 18.0 Å². The average Bonchev–Trinajstić information content (AvgIpc) is 2.51. The highest BCUT2D eigenvalue weighted by molar-refractivity contribution is 7.60. The maximum Gasteiger partial charge on any atom is 0.481 e. The second kappa shape index (κ2) is 14.5. The van der Waals surface area contributed by atoms with Crippen molar-refractivity contribution in [1.29, 1.82) is 0 Å². The zero-order chi connectivity index (χ0) is 22.5. The molecule has 0 fully saturated rings. The van der Waals surface area contributed by atoms with Gasteiger partial charge in [-0.1, -0.05) is 48.3 Å². The van der Waals surface area contributed by atoms with Gasteiger partial charge in [0.05, 0.1) is 6.61 Å². The lowest BCUT2D eigenvalue weighted by molar-refractivity contribution is 0.191. The van der Waals surface area contributed by atoms with Crippen molar-refractivity contribution < 1.29 is 32.6 Å². The number of hydrogen-bond donors (Lipinski definition) is 3. The number of phosphoric acid groups is 2. The van der Waals surface area contributed by atoms with Crippen LogP contribution in [0.25, 0.3) is 0 Å². The van der Waals surface area contributed by atoms with E-state index in [4.69, 9.17) is 9.79 Å². The lowest BCUT2D eigenvalue weighted by atomic mass is 9.96. The molecule has 2 atom stereocenters. The van der Waals surface area contributed by atoms with Crippen molar-refractivity contribution in [2.45, 2.75) is 79.6 Å². The molecule has 0 radical (unpaired) electrons. The molecule has 0 bridgehead atoms. The summed E-state index contributed by atoms with van der Waals surface area (Å²) in [6.45, 7) is 10.3. The topological polar surface area (TPSA) is 113 Å². The SMILES string of the molecule is CC(C)=CCC/C(C)=C/CC[C@H](C)CCC/C(C)=C/COP(=O)(O)OP(=O)(O)O. The van der Waals surface area contributed by atoms with Crippen LogP contribution in [0.15, 0.2) is 34.9 Å². The third-order valence-electron chi connectivity index (χ3n) is 4.39. The molecule has 3 N–H and O–H groups in total. The summed E-state index contributed by atoms with van der Waals surface area (Å²) in [5.41, 5.74) is 3.79. The van der Waals surface area contributed by atoms with Gasteiger partial charge in [0.2, 0.25) is 0 Å². The molecule has 0 aromatic carbocycles. The van der Waals surface area contributed by atoms with Gasteiger partial charge in [0, 0.05) is 0 Å². The highest BCUT2D eigenvalue weighted by atomic mass is 31.3. The van der Waals surface area contributed by atoms with Crippen molar-refractivity contribution in [3.8, 4) is 0 Å². The zero-order valence-electron chi connectivity index (χ0n) is 18.3. The van der Waals surface area contributed by atoms with Gasteiger partial charge in [-0.15, -0.1) is 0 Å². The molecule has 1 unspecified atom stereocenters. The van der Waals surface area contributed by atoms with E-state index < -0.39 is 15.6 Å². The first-order valence-corrected chi connectivity index (χ1v) is 13.0. The molecule has 9 heteroatoms. The van der Waals surface area contributed by atoms with Gasteiger partial charge in [-0.2, -0.15) is 4.31 Å². The summed E-state index contributed by atoms with van der Waals surface area (Å²) < 4.78 is 30.2. The van der Waals surface area contributed by atoms with E-state index in [1.807, 2.05) is 6.92 Å². The standard InChI is InChI=1S/C20H38O7P2/c1-17(2)9-6-10-18(3)11-7-12-19(4)13-8-14-20(5)15-16-26-29(24,25)27-28(21,22)23/h9,11,15,19H,6-8,10,12-14,16H2,1-5H3,(H,24,25)(H2,21,22,23)/b18-11+,20-15+/t19-/m0/s1. The van der Waals surface area contributed by atoms with Crippen LogP contribution in [0.4, 0.5) is 0 Å². The fourth-order valence-corrected chi connectivity index (χ4v) is 4.24. The minimum absolute atomic E-state index is 0.244. The summed E-state index contributed by atoms with van der Waals surface area (Å²) in [6.07, 6.45) is 13.6. The third kappa shape index (κ3) is 19.2. The lowest BCUT2D eigenvalue weighted by Crippen LogP contribution is -1.96. The molecule has 0 saturated carbocycles. The van der Waals surface area contributed by atoms with E-state index in [-0.39, 0.29) is 6.61 Å². The Morgan fingerprint density at radius 2 is 1.52 bits per heavy atom. The molecule has 0 aliphatic rings. The predicted molar refractivity (Wildman–Crippen MR) is 117 cm³/mol. The molecule has 0 rings (SSSR count). The van der Waals surface area contributed by atoms with E-state index in [2.05, 4.69) is 48.7 Å². The first-order valence-electron chi connectivity index (χ1n) is 9.99. The van der Waals surface area contributed by atoms with Crippen molar-refractivity contribution >= 4 is 15.6 Å². The van der Waals surface area contributed by atoms with E-state index in [1.54, 1.807) is 6.08 Å². The van der Waals surface area contributed by atoms with Crippen LogP contribution in [0.5, 0.6) is 0 Å². The van der Waals surface area contributed by atoms with E-state index in [0.717, 1.165) is 50.5 Å².